The number of H-pyrrole nitrogens is 1. The van der Waals surface area contributed by atoms with E-state index in [1.165, 1.54) is 6.20 Å². The van der Waals surface area contributed by atoms with Crippen LogP contribution in [0.1, 0.15) is 41.1 Å². The Kier molecular flexibility index (Phi) is 7.88. The molecule has 0 radical (unpaired) electrons. The molecule has 4 N–H and O–H groups in total. The standard InChI is InChI=1S/C24H28ClF3N8O/c1-13-8-16(15-4-6-36(7-5-15)12-21(37)29-3)17(24(26,27)28)10-19(13)31-23-30-11-18(25)22(33-23)32-20-9-14(2)34-35-20/h8-11,15H,4-7,12H2,1-3H3,(H,29,37)(H3,30,31,32,33,34,35). The maximum Gasteiger partial charge on any atom is 0.416 e. The number of piperidine rings is 1. The van der Waals surface area contributed by atoms with Crippen molar-refractivity contribution in [2.45, 2.75) is 38.8 Å². The van der Waals surface area contributed by atoms with Gasteiger partial charge in [0.1, 0.15) is 5.02 Å². The lowest BCUT2D eigenvalue weighted by Gasteiger charge is -2.33. The minimum atomic E-state index is -4.54. The first kappa shape index (κ1) is 26.7. The van der Waals surface area contributed by atoms with Crippen LogP contribution >= 0.6 is 11.6 Å². The molecule has 3 heterocycles. The molecule has 0 spiro atoms. The number of aryl methyl sites for hydroxylation is 2. The van der Waals surface area contributed by atoms with Gasteiger partial charge < -0.3 is 16.0 Å². The van der Waals surface area contributed by atoms with Gasteiger partial charge in [0.15, 0.2) is 11.6 Å². The Morgan fingerprint density at radius 3 is 2.54 bits per heavy atom. The fraction of sp³-hybridized carbons (Fsp3) is 0.417. The molecule has 1 aliphatic heterocycles. The SMILES string of the molecule is CNC(=O)CN1CCC(c2cc(C)c(Nc3ncc(Cl)c(Nc4cc(C)[nH]n4)n3)cc2C(F)(F)F)CC1. The molecule has 0 bridgehead atoms. The van der Waals surface area contributed by atoms with Crippen molar-refractivity contribution >= 4 is 40.8 Å². The first-order chi connectivity index (χ1) is 17.5. The number of alkyl halides is 3. The third-order valence-corrected chi connectivity index (χ3v) is 6.59. The zero-order valence-electron chi connectivity index (χ0n) is 20.6. The lowest BCUT2D eigenvalue weighted by Crippen LogP contribution is -2.40. The van der Waals surface area contributed by atoms with Gasteiger partial charge in [-0.3, -0.25) is 14.8 Å². The third kappa shape index (κ3) is 6.50. The van der Waals surface area contributed by atoms with E-state index in [0.717, 1.165) is 11.8 Å². The molecule has 1 saturated heterocycles. The second-order valence-electron chi connectivity index (χ2n) is 9.05. The molecule has 37 heavy (non-hydrogen) atoms. The highest BCUT2D eigenvalue weighted by Gasteiger charge is 2.37. The van der Waals surface area contributed by atoms with E-state index >= 15 is 0 Å². The van der Waals surface area contributed by atoms with Crippen molar-refractivity contribution in [2.24, 2.45) is 0 Å². The molecular weight excluding hydrogens is 509 g/mol. The molecule has 0 saturated carbocycles. The minimum absolute atomic E-state index is 0.0886. The zero-order valence-corrected chi connectivity index (χ0v) is 21.4. The number of aromatic amines is 1. The van der Waals surface area contributed by atoms with Crippen molar-refractivity contribution in [3.63, 3.8) is 0 Å². The Morgan fingerprint density at radius 2 is 1.92 bits per heavy atom. The minimum Gasteiger partial charge on any atom is -0.358 e. The molecular formula is C24H28ClF3N8O. The van der Waals surface area contributed by atoms with Crippen molar-refractivity contribution in [1.29, 1.82) is 0 Å². The molecule has 3 aromatic rings. The molecule has 1 fully saturated rings. The average Bonchev–Trinajstić information content (AvgIpc) is 3.26. The van der Waals surface area contributed by atoms with Gasteiger partial charge in [0, 0.05) is 24.5 Å². The van der Waals surface area contributed by atoms with Gasteiger partial charge in [-0.15, -0.1) is 0 Å². The summed E-state index contributed by atoms with van der Waals surface area (Å²) in [6.07, 6.45) is -2.10. The predicted molar refractivity (Wildman–Crippen MR) is 136 cm³/mol. The molecule has 13 heteroatoms. The highest BCUT2D eigenvalue weighted by molar-refractivity contribution is 6.32. The Morgan fingerprint density at radius 1 is 1.19 bits per heavy atom. The summed E-state index contributed by atoms with van der Waals surface area (Å²) in [7, 11) is 1.57. The quantitative estimate of drug-likeness (QED) is 0.340. The van der Waals surface area contributed by atoms with Crippen LogP contribution in [0.3, 0.4) is 0 Å². The van der Waals surface area contributed by atoms with Crippen LogP contribution in [0.4, 0.5) is 36.4 Å². The summed E-state index contributed by atoms with van der Waals surface area (Å²) in [6.45, 7) is 4.94. The van der Waals surface area contributed by atoms with Crippen molar-refractivity contribution in [3.8, 4) is 0 Å². The highest BCUT2D eigenvalue weighted by atomic mass is 35.5. The van der Waals surface area contributed by atoms with Gasteiger partial charge in [-0.1, -0.05) is 17.7 Å². The van der Waals surface area contributed by atoms with Gasteiger partial charge in [0.05, 0.1) is 18.3 Å². The van der Waals surface area contributed by atoms with Gasteiger partial charge >= 0.3 is 6.18 Å². The van der Waals surface area contributed by atoms with Gasteiger partial charge in [-0.25, -0.2) is 4.98 Å². The van der Waals surface area contributed by atoms with E-state index in [1.54, 1.807) is 26.1 Å². The van der Waals surface area contributed by atoms with Crippen LogP contribution < -0.4 is 16.0 Å². The molecule has 1 aliphatic rings. The molecule has 4 rings (SSSR count). The van der Waals surface area contributed by atoms with Crippen LogP contribution in [0, 0.1) is 13.8 Å². The maximum atomic E-state index is 14.1. The van der Waals surface area contributed by atoms with Crippen LogP contribution in [-0.4, -0.2) is 57.7 Å². The first-order valence-electron chi connectivity index (χ1n) is 11.8. The second kappa shape index (κ2) is 10.9. The zero-order chi connectivity index (χ0) is 26.7. The summed E-state index contributed by atoms with van der Waals surface area (Å²) in [4.78, 5) is 22.0. The molecule has 9 nitrogen and oxygen atoms in total. The number of amides is 1. The summed E-state index contributed by atoms with van der Waals surface area (Å²) in [5.41, 5.74) is 1.29. The third-order valence-electron chi connectivity index (χ3n) is 6.32. The number of likely N-dealkylation sites (tertiary alicyclic amines) is 1. The summed E-state index contributed by atoms with van der Waals surface area (Å²) < 4.78 is 42.4. The first-order valence-corrected chi connectivity index (χ1v) is 12.1. The Bertz CT molecular complexity index is 1270. The van der Waals surface area contributed by atoms with Crippen LogP contribution in [0.25, 0.3) is 0 Å². The second-order valence-corrected chi connectivity index (χ2v) is 9.46. The number of hydrogen-bond donors (Lipinski definition) is 4. The van der Waals surface area contributed by atoms with Crippen molar-refractivity contribution in [2.75, 3.05) is 37.3 Å². The van der Waals surface area contributed by atoms with Crippen molar-refractivity contribution < 1.29 is 18.0 Å². The van der Waals surface area contributed by atoms with E-state index in [4.69, 9.17) is 11.6 Å². The molecule has 0 atom stereocenters. The number of likely N-dealkylation sites (N-methyl/N-ethyl adjacent to an activating group) is 1. The van der Waals surface area contributed by atoms with Crippen LogP contribution in [0.2, 0.25) is 5.02 Å². The Labute approximate surface area is 217 Å². The highest BCUT2D eigenvalue weighted by Crippen LogP contribution is 2.41. The summed E-state index contributed by atoms with van der Waals surface area (Å²) in [5.74, 6) is 0.476. The lowest BCUT2D eigenvalue weighted by atomic mass is 9.85. The number of nitrogens with one attached hydrogen (secondary N) is 4. The van der Waals surface area contributed by atoms with E-state index in [1.807, 2.05) is 11.8 Å². The molecule has 0 aliphatic carbocycles. The van der Waals surface area contributed by atoms with E-state index < -0.39 is 11.7 Å². The number of nitrogens with zero attached hydrogens (tertiary/aromatic N) is 4. The van der Waals surface area contributed by atoms with E-state index in [-0.39, 0.29) is 46.4 Å². The molecule has 0 unspecified atom stereocenters. The number of benzene rings is 1. The monoisotopic (exact) mass is 536 g/mol. The lowest BCUT2D eigenvalue weighted by molar-refractivity contribution is -0.138. The van der Waals surface area contributed by atoms with Gasteiger partial charge in [-0.2, -0.15) is 23.3 Å². The number of halogens is 4. The average molecular weight is 537 g/mol. The summed E-state index contributed by atoms with van der Waals surface area (Å²) in [6, 6.07) is 4.46. The van der Waals surface area contributed by atoms with Crippen LogP contribution in [0.5, 0.6) is 0 Å². The largest absolute Gasteiger partial charge is 0.416 e. The van der Waals surface area contributed by atoms with Crippen molar-refractivity contribution in [3.05, 3.63) is 51.8 Å². The number of aromatic nitrogens is 4. The fourth-order valence-corrected chi connectivity index (χ4v) is 4.51. The number of carbonyl (C=O) groups is 1. The number of rotatable bonds is 7. The number of carbonyl (C=O) groups excluding carboxylic acids is 1. The smallest absolute Gasteiger partial charge is 0.358 e. The van der Waals surface area contributed by atoms with Gasteiger partial charge in [-0.05, 0) is 62.9 Å². The number of hydrogen-bond acceptors (Lipinski definition) is 7. The number of anilines is 4. The fourth-order valence-electron chi connectivity index (χ4n) is 4.37. The molecule has 1 amide bonds. The summed E-state index contributed by atoms with van der Waals surface area (Å²) in [5, 5.41) is 15.5. The molecule has 1 aromatic carbocycles. The van der Waals surface area contributed by atoms with E-state index in [2.05, 4.69) is 36.1 Å². The van der Waals surface area contributed by atoms with Gasteiger partial charge in [0.25, 0.3) is 0 Å². The molecule has 198 valence electrons. The van der Waals surface area contributed by atoms with Crippen LogP contribution in [0.15, 0.2) is 24.4 Å². The Hall–Kier alpha value is -3.38. The molecule has 2 aromatic heterocycles. The van der Waals surface area contributed by atoms with Gasteiger partial charge in [0.2, 0.25) is 11.9 Å². The summed E-state index contributed by atoms with van der Waals surface area (Å²) >= 11 is 6.20. The Balaban J connectivity index is 1.56. The van der Waals surface area contributed by atoms with E-state index in [9.17, 15) is 18.0 Å². The van der Waals surface area contributed by atoms with Crippen molar-refractivity contribution in [1.82, 2.24) is 30.4 Å². The van der Waals surface area contributed by atoms with Crippen LogP contribution in [-0.2, 0) is 11.0 Å². The van der Waals surface area contributed by atoms with E-state index in [0.29, 0.717) is 37.3 Å². The normalized spacial score (nSPS) is 15.0. The maximum absolute atomic E-state index is 14.1. The topological polar surface area (TPSA) is 111 Å². The predicted octanol–water partition coefficient (Wildman–Crippen LogP) is 4.90.